The Bertz CT molecular complexity index is 577. The van der Waals surface area contributed by atoms with Crippen LogP contribution in [0.2, 0.25) is 0 Å². The van der Waals surface area contributed by atoms with Crippen molar-refractivity contribution in [2.45, 2.75) is 24.9 Å². The van der Waals surface area contributed by atoms with Crippen LogP contribution in [-0.4, -0.2) is 6.04 Å². The van der Waals surface area contributed by atoms with E-state index in [0.717, 1.165) is 11.8 Å². The molecule has 0 amide bonds. The molecule has 3 unspecified atom stereocenters. The first-order chi connectivity index (χ1) is 10.4. The van der Waals surface area contributed by atoms with E-state index in [2.05, 4.69) is 78.1 Å². The van der Waals surface area contributed by atoms with Gasteiger partial charge in [0.25, 0.3) is 0 Å². The summed E-state index contributed by atoms with van der Waals surface area (Å²) in [4.78, 5) is 0. The van der Waals surface area contributed by atoms with Crippen molar-refractivity contribution >= 4 is 0 Å². The molecule has 2 aliphatic rings. The van der Waals surface area contributed by atoms with Crippen molar-refractivity contribution in [1.82, 2.24) is 5.32 Å². The molecule has 4 rings (SSSR count). The van der Waals surface area contributed by atoms with E-state index < -0.39 is 0 Å². The fourth-order valence-corrected chi connectivity index (χ4v) is 3.80. The first-order valence-electron chi connectivity index (χ1n) is 7.94. The maximum Gasteiger partial charge on any atom is 0.0579 e. The summed E-state index contributed by atoms with van der Waals surface area (Å²) in [6.07, 6.45) is 7.37. The van der Waals surface area contributed by atoms with Crippen LogP contribution in [0, 0.1) is 11.8 Å². The zero-order valence-corrected chi connectivity index (χ0v) is 12.2. The summed E-state index contributed by atoms with van der Waals surface area (Å²) < 4.78 is 0. The predicted molar refractivity (Wildman–Crippen MR) is 87.0 cm³/mol. The van der Waals surface area contributed by atoms with Gasteiger partial charge in [0.05, 0.1) is 6.04 Å². The minimum absolute atomic E-state index is 0.298. The molecule has 1 saturated carbocycles. The Balaban J connectivity index is 1.60. The smallest absolute Gasteiger partial charge is 0.0579 e. The maximum atomic E-state index is 3.91. The quantitative estimate of drug-likeness (QED) is 0.819. The van der Waals surface area contributed by atoms with E-state index in [-0.39, 0.29) is 0 Å². The van der Waals surface area contributed by atoms with Gasteiger partial charge in [0.2, 0.25) is 0 Å². The van der Waals surface area contributed by atoms with Crippen LogP contribution >= 0.6 is 0 Å². The standard InChI is InChI=1S/C20H21N/c1-3-8-15(9-4-1)20(16-10-5-2-6-11-16)21-19-14-17-12-7-13-18(17)19/h1-11,13,17-21H,12,14H2. The lowest BCUT2D eigenvalue weighted by atomic mass is 9.71. The zero-order chi connectivity index (χ0) is 14.1. The van der Waals surface area contributed by atoms with Crippen LogP contribution < -0.4 is 5.32 Å². The largest absolute Gasteiger partial charge is 0.303 e. The summed E-state index contributed by atoms with van der Waals surface area (Å²) in [5.41, 5.74) is 2.71. The second-order valence-corrected chi connectivity index (χ2v) is 6.26. The average Bonchev–Trinajstić information content (AvgIpc) is 2.91. The molecule has 1 heteroatoms. The second kappa shape index (κ2) is 5.50. The molecular formula is C20H21N. The molecule has 2 aliphatic carbocycles. The van der Waals surface area contributed by atoms with Gasteiger partial charge in [-0.15, -0.1) is 0 Å². The summed E-state index contributed by atoms with van der Waals surface area (Å²) >= 11 is 0. The number of allylic oxidation sites excluding steroid dienone is 1. The molecule has 0 saturated heterocycles. The molecular weight excluding hydrogens is 254 g/mol. The van der Waals surface area contributed by atoms with E-state index in [4.69, 9.17) is 0 Å². The predicted octanol–water partition coefficient (Wildman–Crippen LogP) is 4.33. The number of hydrogen-bond acceptors (Lipinski definition) is 1. The molecule has 0 spiro atoms. The third kappa shape index (κ3) is 2.43. The van der Waals surface area contributed by atoms with Gasteiger partial charge in [-0.25, -0.2) is 0 Å². The molecule has 2 aromatic carbocycles. The molecule has 0 radical (unpaired) electrons. The van der Waals surface area contributed by atoms with E-state index in [1.54, 1.807) is 0 Å². The number of hydrogen-bond donors (Lipinski definition) is 1. The highest BCUT2D eigenvalue weighted by Gasteiger charge is 2.41. The monoisotopic (exact) mass is 275 g/mol. The summed E-state index contributed by atoms with van der Waals surface area (Å²) in [7, 11) is 0. The molecule has 2 aromatic rings. The first kappa shape index (κ1) is 12.8. The summed E-state index contributed by atoms with van der Waals surface area (Å²) in [5.74, 6) is 1.65. The van der Waals surface area contributed by atoms with E-state index in [9.17, 15) is 0 Å². The topological polar surface area (TPSA) is 12.0 Å². The van der Waals surface area contributed by atoms with Gasteiger partial charge < -0.3 is 5.32 Å². The van der Waals surface area contributed by atoms with Gasteiger partial charge in [0, 0.05) is 6.04 Å². The zero-order valence-electron chi connectivity index (χ0n) is 12.2. The van der Waals surface area contributed by atoms with Gasteiger partial charge in [0.15, 0.2) is 0 Å². The molecule has 106 valence electrons. The second-order valence-electron chi connectivity index (χ2n) is 6.26. The molecule has 3 atom stereocenters. The van der Waals surface area contributed by atoms with Crippen molar-refractivity contribution in [1.29, 1.82) is 0 Å². The highest BCUT2D eigenvalue weighted by molar-refractivity contribution is 5.32. The molecule has 1 N–H and O–H groups in total. The number of benzene rings is 2. The average molecular weight is 275 g/mol. The summed E-state index contributed by atoms with van der Waals surface area (Å²) in [5, 5.41) is 3.91. The molecule has 1 fully saturated rings. The fraction of sp³-hybridized carbons (Fsp3) is 0.300. The SMILES string of the molecule is C1=CC2C(C1)CC2NC(c1ccccc1)c1ccccc1. The highest BCUT2D eigenvalue weighted by atomic mass is 15.0. The molecule has 0 bridgehead atoms. The summed E-state index contributed by atoms with van der Waals surface area (Å²) in [6, 6.07) is 22.5. The summed E-state index contributed by atoms with van der Waals surface area (Å²) in [6.45, 7) is 0. The Labute approximate surface area is 126 Å². The van der Waals surface area contributed by atoms with Gasteiger partial charge in [-0.1, -0.05) is 72.8 Å². The van der Waals surface area contributed by atoms with Gasteiger partial charge in [0.1, 0.15) is 0 Å². The van der Waals surface area contributed by atoms with Crippen molar-refractivity contribution in [3.05, 3.63) is 83.9 Å². The van der Waals surface area contributed by atoms with Gasteiger partial charge >= 0.3 is 0 Å². The maximum absolute atomic E-state index is 3.91. The normalized spacial score (nSPS) is 26.6. The molecule has 0 aromatic heterocycles. The Hall–Kier alpha value is -1.86. The minimum atomic E-state index is 0.298. The Kier molecular flexibility index (Phi) is 3.36. The molecule has 0 heterocycles. The van der Waals surface area contributed by atoms with Gasteiger partial charge in [-0.2, -0.15) is 0 Å². The number of fused-ring (bicyclic) bond motifs is 1. The van der Waals surface area contributed by atoms with Crippen molar-refractivity contribution in [2.75, 3.05) is 0 Å². The van der Waals surface area contributed by atoms with Crippen LogP contribution in [0.25, 0.3) is 0 Å². The molecule has 0 aliphatic heterocycles. The van der Waals surface area contributed by atoms with Crippen LogP contribution in [0.4, 0.5) is 0 Å². The number of nitrogens with one attached hydrogen (secondary N) is 1. The van der Waals surface area contributed by atoms with E-state index >= 15 is 0 Å². The fourth-order valence-electron chi connectivity index (χ4n) is 3.80. The molecule has 21 heavy (non-hydrogen) atoms. The molecule has 1 nitrogen and oxygen atoms in total. The Morgan fingerprint density at radius 2 is 1.48 bits per heavy atom. The Morgan fingerprint density at radius 1 is 0.857 bits per heavy atom. The van der Waals surface area contributed by atoms with Crippen LogP contribution in [0.5, 0.6) is 0 Å². The van der Waals surface area contributed by atoms with Crippen LogP contribution in [0.1, 0.15) is 30.0 Å². The lowest BCUT2D eigenvalue weighted by Gasteiger charge is -2.43. The van der Waals surface area contributed by atoms with Crippen molar-refractivity contribution < 1.29 is 0 Å². The van der Waals surface area contributed by atoms with E-state index in [1.807, 2.05) is 0 Å². The van der Waals surface area contributed by atoms with Gasteiger partial charge in [-0.3, -0.25) is 0 Å². The van der Waals surface area contributed by atoms with Crippen LogP contribution in [0.15, 0.2) is 72.8 Å². The van der Waals surface area contributed by atoms with Crippen molar-refractivity contribution in [3.8, 4) is 0 Å². The van der Waals surface area contributed by atoms with Crippen LogP contribution in [-0.2, 0) is 0 Å². The van der Waals surface area contributed by atoms with Gasteiger partial charge in [-0.05, 0) is 35.8 Å². The highest BCUT2D eigenvalue weighted by Crippen LogP contribution is 2.44. The van der Waals surface area contributed by atoms with E-state index in [0.29, 0.717) is 12.1 Å². The Morgan fingerprint density at radius 3 is 2.05 bits per heavy atom. The number of rotatable bonds is 4. The third-order valence-electron chi connectivity index (χ3n) is 5.01. The van der Waals surface area contributed by atoms with Crippen LogP contribution in [0.3, 0.4) is 0 Å². The minimum Gasteiger partial charge on any atom is -0.303 e. The van der Waals surface area contributed by atoms with Crippen molar-refractivity contribution in [2.24, 2.45) is 11.8 Å². The van der Waals surface area contributed by atoms with Crippen molar-refractivity contribution in [3.63, 3.8) is 0 Å². The lowest BCUT2D eigenvalue weighted by molar-refractivity contribution is 0.155. The van der Waals surface area contributed by atoms with E-state index in [1.165, 1.54) is 24.0 Å². The lowest BCUT2D eigenvalue weighted by Crippen LogP contribution is -2.49. The first-order valence-corrected chi connectivity index (χ1v) is 7.94. The third-order valence-corrected chi connectivity index (χ3v) is 5.01.